The molecule has 5 rings (SSSR count). The van der Waals surface area contributed by atoms with Crippen LogP contribution in [-0.4, -0.2) is 71.4 Å². The number of hydrogen-bond acceptors (Lipinski definition) is 7. The molecule has 13 heteroatoms. The second kappa shape index (κ2) is 10.4. The van der Waals surface area contributed by atoms with Gasteiger partial charge in [-0.3, -0.25) is 14.7 Å². The lowest BCUT2D eigenvalue weighted by atomic mass is 9.81. The third-order valence-electron chi connectivity index (χ3n) is 7.60. The van der Waals surface area contributed by atoms with Gasteiger partial charge in [-0.15, -0.1) is 5.10 Å². The van der Waals surface area contributed by atoms with E-state index in [1.54, 1.807) is 0 Å². The molecule has 0 atom stereocenters. The van der Waals surface area contributed by atoms with Crippen molar-refractivity contribution in [3.8, 4) is 0 Å². The van der Waals surface area contributed by atoms with E-state index in [4.69, 9.17) is 0 Å². The molecule has 2 aliphatic rings. The molecule has 2 aromatic heterocycles. The molecule has 39 heavy (non-hydrogen) atoms. The van der Waals surface area contributed by atoms with Crippen LogP contribution in [0.4, 0.5) is 19.0 Å². The normalized spacial score (nSPS) is 21.1. The average molecular weight is 565 g/mol. The van der Waals surface area contributed by atoms with Gasteiger partial charge in [0.15, 0.2) is 5.82 Å². The van der Waals surface area contributed by atoms with Gasteiger partial charge in [0.05, 0.1) is 29.9 Å². The molecule has 3 heterocycles. The summed E-state index contributed by atoms with van der Waals surface area (Å²) in [4.78, 5) is 19.4. The largest absolute Gasteiger partial charge is 0.416 e. The van der Waals surface area contributed by atoms with Gasteiger partial charge in [-0.2, -0.15) is 17.3 Å². The molecule has 1 aliphatic heterocycles. The van der Waals surface area contributed by atoms with E-state index in [9.17, 15) is 26.4 Å². The maximum Gasteiger partial charge on any atom is 0.416 e. The van der Waals surface area contributed by atoms with Gasteiger partial charge in [-0.05, 0) is 68.4 Å². The maximum atomic E-state index is 13.2. The molecule has 0 bridgehead atoms. The fourth-order valence-electron chi connectivity index (χ4n) is 5.49. The zero-order valence-electron chi connectivity index (χ0n) is 21.7. The van der Waals surface area contributed by atoms with Gasteiger partial charge in [0.1, 0.15) is 0 Å². The molecule has 1 saturated heterocycles. The third-order valence-corrected chi connectivity index (χ3v) is 8.51. The van der Waals surface area contributed by atoms with E-state index in [0.29, 0.717) is 16.0 Å². The number of fused-ring (bicyclic) bond motifs is 1. The van der Waals surface area contributed by atoms with Crippen molar-refractivity contribution in [2.45, 2.75) is 56.8 Å². The van der Waals surface area contributed by atoms with Crippen LogP contribution in [0, 0.1) is 6.92 Å². The molecule has 3 aromatic rings. The molecule has 210 valence electrons. The minimum atomic E-state index is -4.61. The standard InChI is InChI=1S/C26H31F3N6O3S/c1-16-3-4-18(12-30-16)17-5-8-21(9-6-17)34-14-20(15-34)32-24(36)13-31-25-22-11-19(26(27,28)29)7-10-23(22)35(33-25)39(2,37)38/h3-4,7,10-12,17,20-21H,5-6,8-9,13-15H2,1-2H3,(H,31,33)(H,32,36). The first kappa shape index (κ1) is 27.4. The summed E-state index contributed by atoms with van der Waals surface area (Å²) >= 11 is 0. The molecular weight excluding hydrogens is 533 g/mol. The Kier molecular flexibility index (Phi) is 7.31. The number of likely N-dealkylation sites (tertiary alicyclic amines) is 1. The maximum absolute atomic E-state index is 13.2. The monoisotopic (exact) mass is 564 g/mol. The van der Waals surface area contributed by atoms with Crippen LogP contribution in [0.15, 0.2) is 36.5 Å². The Hall–Kier alpha value is -3.19. The summed E-state index contributed by atoms with van der Waals surface area (Å²) in [5, 5.41) is 9.55. The van der Waals surface area contributed by atoms with Crippen LogP contribution in [0.3, 0.4) is 0 Å². The molecule has 1 amide bonds. The fourth-order valence-corrected chi connectivity index (χ4v) is 6.24. The molecular formula is C26H31F3N6O3S. The average Bonchev–Trinajstić information content (AvgIpc) is 3.23. The van der Waals surface area contributed by atoms with Crippen molar-refractivity contribution in [2.75, 3.05) is 31.2 Å². The molecule has 0 unspecified atom stereocenters. The van der Waals surface area contributed by atoms with Gasteiger partial charge >= 0.3 is 6.18 Å². The summed E-state index contributed by atoms with van der Waals surface area (Å²) < 4.78 is 64.6. The molecule has 1 aromatic carbocycles. The van der Waals surface area contributed by atoms with Gasteiger partial charge in [0.2, 0.25) is 5.91 Å². The first-order valence-electron chi connectivity index (χ1n) is 12.9. The molecule has 9 nitrogen and oxygen atoms in total. The highest BCUT2D eigenvalue weighted by Crippen LogP contribution is 2.36. The Balaban J connectivity index is 1.13. The smallest absolute Gasteiger partial charge is 0.359 e. The van der Waals surface area contributed by atoms with Gasteiger partial charge in [0.25, 0.3) is 10.0 Å². The van der Waals surface area contributed by atoms with Gasteiger partial charge in [-0.25, -0.2) is 8.42 Å². The number of amides is 1. The van der Waals surface area contributed by atoms with Gasteiger partial charge in [-0.1, -0.05) is 6.07 Å². The highest BCUT2D eigenvalue weighted by Gasteiger charge is 2.36. The topological polar surface area (TPSA) is 109 Å². The van der Waals surface area contributed by atoms with E-state index in [1.807, 2.05) is 13.1 Å². The van der Waals surface area contributed by atoms with Crippen molar-refractivity contribution in [2.24, 2.45) is 0 Å². The lowest BCUT2D eigenvalue weighted by Gasteiger charge is -2.46. The molecule has 0 radical (unpaired) electrons. The number of pyridine rings is 1. The summed E-state index contributed by atoms with van der Waals surface area (Å²) in [6.45, 7) is 3.22. The van der Waals surface area contributed by atoms with Crippen molar-refractivity contribution < 1.29 is 26.4 Å². The number of carbonyl (C=O) groups excluding carboxylic acids is 1. The molecule has 0 spiro atoms. The Bertz CT molecular complexity index is 1460. The zero-order chi connectivity index (χ0) is 27.9. The predicted molar refractivity (Wildman–Crippen MR) is 141 cm³/mol. The molecule has 1 aliphatic carbocycles. The highest BCUT2D eigenvalue weighted by molar-refractivity contribution is 7.89. The number of aromatic nitrogens is 3. The summed E-state index contributed by atoms with van der Waals surface area (Å²) in [6.07, 6.45) is 2.68. The number of alkyl halides is 3. The summed E-state index contributed by atoms with van der Waals surface area (Å²) in [6, 6.07) is 7.39. The Morgan fingerprint density at radius 1 is 1.10 bits per heavy atom. The van der Waals surface area contributed by atoms with Crippen LogP contribution in [-0.2, 0) is 21.0 Å². The second-order valence-electron chi connectivity index (χ2n) is 10.5. The second-order valence-corrected chi connectivity index (χ2v) is 12.3. The number of rotatable bonds is 7. The Morgan fingerprint density at radius 3 is 2.44 bits per heavy atom. The summed E-state index contributed by atoms with van der Waals surface area (Å²) in [5.74, 6) is 0.0865. The number of anilines is 1. The van der Waals surface area contributed by atoms with Crippen LogP contribution >= 0.6 is 0 Å². The number of hydrogen-bond donors (Lipinski definition) is 2. The van der Waals surface area contributed by atoms with E-state index in [-0.39, 0.29) is 35.2 Å². The van der Waals surface area contributed by atoms with E-state index in [2.05, 4.69) is 37.7 Å². The minimum Gasteiger partial charge on any atom is -0.359 e. The van der Waals surface area contributed by atoms with Crippen LogP contribution in [0.1, 0.15) is 48.4 Å². The lowest BCUT2D eigenvalue weighted by molar-refractivity contribution is -0.137. The molecule has 2 N–H and O–H groups in total. The summed E-state index contributed by atoms with van der Waals surface area (Å²) in [5.41, 5.74) is 1.37. The van der Waals surface area contributed by atoms with E-state index in [0.717, 1.165) is 68.9 Å². The van der Waals surface area contributed by atoms with Crippen molar-refractivity contribution in [3.63, 3.8) is 0 Å². The van der Waals surface area contributed by atoms with Gasteiger partial charge in [0, 0.05) is 36.4 Å². The van der Waals surface area contributed by atoms with Crippen LogP contribution < -0.4 is 10.6 Å². The van der Waals surface area contributed by atoms with Crippen LogP contribution in [0.2, 0.25) is 0 Å². The Morgan fingerprint density at radius 2 is 1.82 bits per heavy atom. The third kappa shape index (κ3) is 6.03. The first-order chi connectivity index (χ1) is 18.4. The molecule has 2 fully saturated rings. The van der Waals surface area contributed by atoms with Crippen LogP contribution in [0.5, 0.6) is 0 Å². The number of aryl methyl sites for hydroxylation is 1. The number of nitrogens with zero attached hydrogens (tertiary/aromatic N) is 4. The molecule has 1 saturated carbocycles. The fraction of sp³-hybridized carbons (Fsp3) is 0.500. The summed E-state index contributed by atoms with van der Waals surface area (Å²) in [7, 11) is -3.87. The minimum absolute atomic E-state index is 0.00333. The van der Waals surface area contributed by atoms with Crippen molar-refractivity contribution in [1.29, 1.82) is 0 Å². The first-order valence-corrected chi connectivity index (χ1v) is 14.7. The van der Waals surface area contributed by atoms with Crippen molar-refractivity contribution in [1.82, 2.24) is 24.4 Å². The van der Waals surface area contributed by atoms with E-state index >= 15 is 0 Å². The highest BCUT2D eigenvalue weighted by atomic mass is 32.2. The predicted octanol–water partition coefficient (Wildman–Crippen LogP) is 3.50. The zero-order valence-corrected chi connectivity index (χ0v) is 22.5. The number of nitrogens with one attached hydrogen (secondary N) is 2. The number of halogens is 3. The van der Waals surface area contributed by atoms with E-state index < -0.39 is 21.8 Å². The quantitative estimate of drug-likeness (QED) is 0.452. The van der Waals surface area contributed by atoms with Crippen LogP contribution in [0.25, 0.3) is 10.9 Å². The Labute approximate surface area is 224 Å². The van der Waals surface area contributed by atoms with Crippen molar-refractivity contribution >= 4 is 32.7 Å². The lowest BCUT2D eigenvalue weighted by Crippen LogP contribution is -2.63. The van der Waals surface area contributed by atoms with Crippen molar-refractivity contribution in [3.05, 3.63) is 53.3 Å². The van der Waals surface area contributed by atoms with Gasteiger partial charge < -0.3 is 10.6 Å². The SMILES string of the molecule is Cc1ccc(C2CCC(N3CC(NC(=O)CNc4nn(S(C)(=O)=O)c5ccc(C(F)(F)F)cc45)C3)CC2)cn1. The number of carbonyl (C=O) groups is 1. The number of benzene rings is 1. The van der Waals surface area contributed by atoms with E-state index in [1.165, 1.54) is 5.56 Å².